The number of hydrogen-bond donors (Lipinski definition) is 2. The van der Waals surface area contributed by atoms with Crippen molar-refractivity contribution in [3.63, 3.8) is 0 Å². The molecule has 2 N–H and O–H groups in total. The molecule has 1 aromatic heterocycles. The smallest absolute Gasteiger partial charge is 0.228 e. The van der Waals surface area contributed by atoms with Gasteiger partial charge >= 0.3 is 0 Å². The van der Waals surface area contributed by atoms with E-state index >= 15 is 0 Å². The van der Waals surface area contributed by atoms with Crippen molar-refractivity contribution in [2.45, 2.75) is 13.0 Å². The van der Waals surface area contributed by atoms with Crippen LogP contribution in [0.25, 0.3) is 0 Å². The third-order valence-electron chi connectivity index (χ3n) is 3.84. The molecule has 5 nitrogen and oxygen atoms in total. The molecule has 24 heavy (non-hydrogen) atoms. The predicted octanol–water partition coefficient (Wildman–Crippen LogP) is 2.77. The van der Waals surface area contributed by atoms with Gasteiger partial charge in [0, 0.05) is 24.6 Å². The molecule has 1 fully saturated rings. The fourth-order valence-corrected chi connectivity index (χ4v) is 2.59. The van der Waals surface area contributed by atoms with E-state index in [9.17, 15) is 14.0 Å². The van der Waals surface area contributed by atoms with Crippen molar-refractivity contribution in [2.24, 2.45) is 11.8 Å². The van der Waals surface area contributed by atoms with Crippen molar-refractivity contribution < 1.29 is 14.0 Å². The molecule has 1 aliphatic carbocycles. The van der Waals surface area contributed by atoms with E-state index in [1.807, 2.05) is 6.07 Å². The van der Waals surface area contributed by atoms with Crippen LogP contribution in [-0.4, -0.2) is 16.8 Å². The van der Waals surface area contributed by atoms with E-state index in [0.29, 0.717) is 18.7 Å². The molecular weight excluding hydrogens is 333 g/mol. The van der Waals surface area contributed by atoms with Crippen LogP contribution in [0, 0.1) is 17.7 Å². The molecule has 0 radical (unpaired) electrons. The zero-order valence-electron chi connectivity index (χ0n) is 12.6. The van der Waals surface area contributed by atoms with Gasteiger partial charge in [0.05, 0.1) is 16.9 Å². The lowest BCUT2D eigenvalue weighted by molar-refractivity contribution is -0.125. The zero-order valence-corrected chi connectivity index (χ0v) is 13.4. The molecule has 1 saturated carbocycles. The van der Waals surface area contributed by atoms with Gasteiger partial charge in [0.1, 0.15) is 5.82 Å². The van der Waals surface area contributed by atoms with Crippen LogP contribution < -0.4 is 10.6 Å². The van der Waals surface area contributed by atoms with E-state index in [2.05, 4.69) is 15.6 Å². The first-order valence-electron chi connectivity index (χ1n) is 7.47. The van der Waals surface area contributed by atoms with Gasteiger partial charge in [-0.2, -0.15) is 0 Å². The van der Waals surface area contributed by atoms with Gasteiger partial charge in [-0.05, 0) is 36.2 Å². The number of rotatable bonds is 5. The summed E-state index contributed by atoms with van der Waals surface area (Å²) >= 11 is 5.68. The Bertz CT molecular complexity index is 770. The van der Waals surface area contributed by atoms with Crippen LogP contribution in [0.4, 0.5) is 10.1 Å². The average molecular weight is 348 g/mol. The van der Waals surface area contributed by atoms with Gasteiger partial charge in [-0.1, -0.05) is 17.7 Å². The topological polar surface area (TPSA) is 71.1 Å². The minimum Gasteiger partial charge on any atom is -0.352 e. The number of nitrogens with zero attached hydrogens (tertiary/aromatic N) is 1. The Hall–Kier alpha value is -2.47. The molecule has 2 aromatic rings. The first-order chi connectivity index (χ1) is 11.5. The van der Waals surface area contributed by atoms with Crippen LogP contribution in [0.5, 0.6) is 0 Å². The molecule has 1 aliphatic rings. The molecular formula is C17H15ClFN3O2. The standard InChI is InChI=1S/C17H15ClFN3O2/c18-14-6-11(3-4-15(14)19)22-17(24)13-7-12(13)16(23)21-9-10-2-1-5-20-8-10/h1-6,8,12-13H,7,9H2,(H,21,23)(H,22,24). The summed E-state index contributed by atoms with van der Waals surface area (Å²) in [6, 6.07) is 7.61. The number of aromatic nitrogens is 1. The largest absolute Gasteiger partial charge is 0.352 e. The van der Waals surface area contributed by atoms with E-state index in [0.717, 1.165) is 5.56 Å². The molecule has 7 heteroatoms. The zero-order chi connectivity index (χ0) is 17.1. The third-order valence-corrected chi connectivity index (χ3v) is 4.13. The van der Waals surface area contributed by atoms with Gasteiger partial charge in [0.2, 0.25) is 11.8 Å². The minimum atomic E-state index is -0.547. The van der Waals surface area contributed by atoms with E-state index in [4.69, 9.17) is 11.6 Å². The second-order valence-electron chi connectivity index (χ2n) is 5.65. The first-order valence-corrected chi connectivity index (χ1v) is 7.85. The van der Waals surface area contributed by atoms with Crippen LogP contribution in [0.1, 0.15) is 12.0 Å². The van der Waals surface area contributed by atoms with E-state index < -0.39 is 5.82 Å². The highest BCUT2D eigenvalue weighted by Gasteiger charge is 2.47. The van der Waals surface area contributed by atoms with Crippen molar-refractivity contribution in [1.29, 1.82) is 0 Å². The predicted molar refractivity (Wildman–Crippen MR) is 87.7 cm³/mol. The fraction of sp³-hybridized carbons (Fsp3) is 0.235. The summed E-state index contributed by atoms with van der Waals surface area (Å²) in [5, 5.41) is 5.39. The highest BCUT2D eigenvalue weighted by Crippen LogP contribution is 2.39. The summed E-state index contributed by atoms with van der Waals surface area (Å²) in [7, 11) is 0. The molecule has 0 spiro atoms. The molecule has 2 unspecified atom stereocenters. The number of pyridine rings is 1. The number of halogens is 2. The van der Waals surface area contributed by atoms with Gasteiger partial charge in [-0.3, -0.25) is 14.6 Å². The maximum Gasteiger partial charge on any atom is 0.228 e. The maximum absolute atomic E-state index is 13.1. The SMILES string of the molecule is O=C(NCc1cccnc1)C1CC1C(=O)Nc1ccc(F)c(Cl)c1. The normalized spacial score (nSPS) is 18.8. The highest BCUT2D eigenvalue weighted by atomic mass is 35.5. The Labute approximate surface area is 143 Å². The van der Waals surface area contributed by atoms with Crippen LogP contribution in [0.2, 0.25) is 5.02 Å². The second kappa shape index (κ2) is 6.97. The Kier molecular flexibility index (Phi) is 4.76. The second-order valence-corrected chi connectivity index (χ2v) is 6.05. The van der Waals surface area contributed by atoms with Crippen molar-refractivity contribution >= 4 is 29.1 Å². The lowest BCUT2D eigenvalue weighted by Crippen LogP contribution is -2.27. The van der Waals surface area contributed by atoms with E-state index in [1.54, 1.807) is 18.5 Å². The van der Waals surface area contributed by atoms with Crippen LogP contribution in [0.3, 0.4) is 0 Å². The molecule has 1 aromatic carbocycles. The van der Waals surface area contributed by atoms with Crippen LogP contribution in [-0.2, 0) is 16.1 Å². The van der Waals surface area contributed by atoms with Crippen molar-refractivity contribution in [2.75, 3.05) is 5.32 Å². The molecule has 0 bridgehead atoms. The Morgan fingerprint density at radius 2 is 2.04 bits per heavy atom. The summed E-state index contributed by atoms with van der Waals surface area (Å²) in [5.74, 6) is -1.68. The van der Waals surface area contributed by atoms with E-state index in [-0.39, 0.29) is 28.7 Å². The number of hydrogen-bond acceptors (Lipinski definition) is 3. The van der Waals surface area contributed by atoms with Gasteiger partial charge in [-0.15, -0.1) is 0 Å². The molecule has 1 heterocycles. The number of nitrogens with one attached hydrogen (secondary N) is 2. The monoisotopic (exact) mass is 347 g/mol. The summed E-state index contributed by atoms with van der Waals surface area (Å²) in [5.41, 5.74) is 1.31. The number of amides is 2. The van der Waals surface area contributed by atoms with Crippen LogP contribution in [0.15, 0.2) is 42.7 Å². The molecule has 0 aliphatic heterocycles. The third kappa shape index (κ3) is 3.89. The molecule has 3 rings (SSSR count). The lowest BCUT2D eigenvalue weighted by atomic mass is 10.2. The van der Waals surface area contributed by atoms with Gasteiger partial charge in [0.15, 0.2) is 0 Å². The molecule has 124 valence electrons. The van der Waals surface area contributed by atoms with Crippen molar-refractivity contribution in [3.8, 4) is 0 Å². The summed E-state index contributed by atoms with van der Waals surface area (Å²) in [6.45, 7) is 0.380. The van der Waals surface area contributed by atoms with Crippen molar-refractivity contribution in [3.05, 3.63) is 59.1 Å². The Morgan fingerprint density at radius 1 is 1.25 bits per heavy atom. The average Bonchev–Trinajstić information content (AvgIpc) is 3.38. The maximum atomic E-state index is 13.1. The quantitative estimate of drug-likeness (QED) is 0.873. The summed E-state index contributed by atoms with van der Waals surface area (Å²) in [6.07, 6.45) is 3.84. The summed E-state index contributed by atoms with van der Waals surface area (Å²) in [4.78, 5) is 28.2. The van der Waals surface area contributed by atoms with Crippen LogP contribution >= 0.6 is 11.6 Å². The number of carbonyl (C=O) groups excluding carboxylic acids is 2. The fourth-order valence-electron chi connectivity index (χ4n) is 2.41. The Balaban J connectivity index is 1.49. The van der Waals surface area contributed by atoms with Crippen molar-refractivity contribution in [1.82, 2.24) is 10.3 Å². The molecule has 2 atom stereocenters. The number of carbonyl (C=O) groups is 2. The van der Waals surface area contributed by atoms with Gasteiger partial charge < -0.3 is 10.6 Å². The summed E-state index contributed by atoms with van der Waals surface area (Å²) < 4.78 is 13.1. The first kappa shape index (κ1) is 16.4. The highest BCUT2D eigenvalue weighted by molar-refractivity contribution is 6.31. The number of anilines is 1. The van der Waals surface area contributed by atoms with Gasteiger partial charge in [-0.25, -0.2) is 4.39 Å². The molecule has 2 amide bonds. The lowest BCUT2D eigenvalue weighted by Gasteiger charge is -2.07. The minimum absolute atomic E-state index is 0.0608. The molecule has 0 saturated heterocycles. The van der Waals surface area contributed by atoms with Gasteiger partial charge in [0.25, 0.3) is 0 Å². The number of benzene rings is 1. The van der Waals surface area contributed by atoms with E-state index in [1.165, 1.54) is 18.2 Å². The Morgan fingerprint density at radius 3 is 2.75 bits per heavy atom.